The van der Waals surface area contributed by atoms with Crippen LogP contribution in [0.4, 0.5) is 0 Å². The average molecular weight is 228 g/mol. The van der Waals surface area contributed by atoms with Gasteiger partial charge in [0.15, 0.2) is 6.29 Å². The molecule has 2 heteroatoms. The molecule has 0 bridgehead atoms. The maximum absolute atomic E-state index is 5.74. The molecule has 1 aliphatic heterocycles. The molecule has 0 unspecified atom stereocenters. The maximum atomic E-state index is 5.74. The van der Waals surface area contributed by atoms with Gasteiger partial charge in [0, 0.05) is 6.61 Å². The molecule has 16 heavy (non-hydrogen) atoms. The predicted molar refractivity (Wildman–Crippen MR) is 67.5 cm³/mol. The van der Waals surface area contributed by atoms with Crippen molar-refractivity contribution in [2.45, 2.75) is 84.0 Å². The summed E-state index contributed by atoms with van der Waals surface area (Å²) in [5.74, 6) is 0. The number of unbranched alkanes of at least 4 members (excludes halogenated alkanes) is 5. The summed E-state index contributed by atoms with van der Waals surface area (Å²) in [6, 6.07) is 0. The Labute approximate surface area is 101 Å². The molecule has 1 heterocycles. The maximum Gasteiger partial charge on any atom is 0.157 e. The van der Waals surface area contributed by atoms with Crippen molar-refractivity contribution in [3.63, 3.8) is 0 Å². The van der Waals surface area contributed by atoms with Gasteiger partial charge in [-0.05, 0) is 32.6 Å². The molecule has 1 fully saturated rings. The zero-order chi connectivity index (χ0) is 11.6. The second-order valence-corrected chi connectivity index (χ2v) is 4.95. The molecular weight excluding hydrogens is 200 g/mol. The van der Waals surface area contributed by atoms with E-state index in [1.54, 1.807) is 0 Å². The van der Waals surface area contributed by atoms with Gasteiger partial charge in [-0.1, -0.05) is 39.0 Å². The summed E-state index contributed by atoms with van der Waals surface area (Å²) in [7, 11) is 0. The normalized spacial score (nSPS) is 25.9. The fourth-order valence-corrected chi connectivity index (χ4v) is 2.19. The van der Waals surface area contributed by atoms with E-state index in [2.05, 4.69) is 13.8 Å². The molecule has 0 amide bonds. The average Bonchev–Trinajstić information content (AvgIpc) is 2.28. The molecule has 0 radical (unpaired) electrons. The number of rotatable bonds is 8. The lowest BCUT2D eigenvalue weighted by atomic mass is 10.1. The molecule has 1 rings (SSSR count). The summed E-state index contributed by atoms with van der Waals surface area (Å²) < 4.78 is 11.4. The van der Waals surface area contributed by atoms with Crippen LogP contribution in [0.5, 0.6) is 0 Å². The minimum Gasteiger partial charge on any atom is -0.353 e. The third-order valence-corrected chi connectivity index (χ3v) is 3.24. The smallest absolute Gasteiger partial charge is 0.157 e. The first-order valence-electron chi connectivity index (χ1n) is 7.10. The molecule has 0 N–H and O–H groups in total. The highest BCUT2D eigenvalue weighted by Crippen LogP contribution is 2.19. The van der Waals surface area contributed by atoms with Crippen molar-refractivity contribution in [2.24, 2.45) is 0 Å². The van der Waals surface area contributed by atoms with E-state index in [-0.39, 0.29) is 6.29 Å². The summed E-state index contributed by atoms with van der Waals surface area (Å²) in [6.45, 7) is 5.27. The number of hydrogen-bond donors (Lipinski definition) is 0. The Hall–Kier alpha value is -0.0800. The van der Waals surface area contributed by atoms with E-state index in [0.717, 1.165) is 13.0 Å². The van der Waals surface area contributed by atoms with Crippen LogP contribution in [0.1, 0.15) is 71.6 Å². The van der Waals surface area contributed by atoms with Crippen LogP contribution < -0.4 is 0 Å². The fraction of sp³-hybridized carbons (Fsp3) is 1.00. The van der Waals surface area contributed by atoms with E-state index in [4.69, 9.17) is 9.47 Å². The monoisotopic (exact) mass is 228 g/mol. The van der Waals surface area contributed by atoms with Gasteiger partial charge in [0.2, 0.25) is 0 Å². The van der Waals surface area contributed by atoms with Crippen molar-refractivity contribution < 1.29 is 9.47 Å². The Balaban J connectivity index is 1.86. The second kappa shape index (κ2) is 9.00. The van der Waals surface area contributed by atoms with Crippen LogP contribution in [-0.2, 0) is 9.47 Å². The topological polar surface area (TPSA) is 18.5 Å². The first-order chi connectivity index (χ1) is 7.83. The molecular formula is C14H28O2. The Morgan fingerprint density at radius 3 is 2.56 bits per heavy atom. The van der Waals surface area contributed by atoms with E-state index < -0.39 is 0 Å². The van der Waals surface area contributed by atoms with E-state index in [0.29, 0.717) is 6.10 Å². The van der Waals surface area contributed by atoms with Crippen molar-refractivity contribution in [3.8, 4) is 0 Å². The van der Waals surface area contributed by atoms with Gasteiger partial charge < -0.3 is 9.47 Å². The van der Waals surface area contributed by atoms with E-state index in [1.807, 2.05) is 0 Å². The zero-order valence-corrected chi connectivity index (χ0v) is 11.0. The molecule has 2 nitrogen and oxygen atoms in total. The molecule has 0 aromatic carbocycles. The first-order valence-corrected chi connectivity index (χ1v) is 7.10. The molecule has 0 saturated carbocycles. The molecule has 0 spiro atoms. The van der Waals surface area contributed by atoms with Gasteiger partial charge in [-0.25, -0.2) is 0 Å². The van der Waals surface area contributed by atoms with Crippen LogP contribution in [0.3, 0.4) is 0 Å². The van der Waals surface area contributed by atoms with E-state index in [1.165, 1.54) is 51.4 Å². The molecule has 0 aromatic rings. The summed E-state index contributed by atoms with van der Waals surface area (Å²) in [4.78, 5) is 0. The van der Waals surface area contributed by atoms with Crippen LogP contribution in [-0.4, -0.2) is 19.0 Å². The van der Waals surface area contributed by atoms with Crippen LogP contribution in [0, 0.1) is 0 Å². The highest BCUT2D eigenvalue weighted by molar-refractivity contribution is 4.61. The lowest BCUT2D eigenvalue weighted by molar-refractivity contribution is -0.189. The minimum absolute atomic E-state index is 0.0828. The van der Waals surface area contributed by atoms with Crippen LogP contribution in [0.2, 0.25) is 0 Å². The molecule has 0 aliphatic carbocycles. The van der Waals surface area contributed by atoms with Gasteiger partial charge in [-0.15, -0.1) is 0 Å². The highest BCUT2D eigenvalue weighted by Gasteiger charge is 2.18. The number of ether oxygens (including phenoxy) is 2. The van der Waals surface area contributed by atoms with Gasteiger partial charge in [0.25, 0.3) is 0 Å². The lowest BCUT2D eigenvalue weighted by Crippen LogP contribution is -2.28. The van der Waals surface area contributed by atoms with Crippen molar-refractivity contribution in [3.05, 3.63) is 0 Å². The standard InChI is InChI=1S/C14H28O2/c1-3-4-5-6-7-8-12-15-14-11-9-10-13(2)16-14/h13-14H,3-12H2,1-2H3/t13-,14-/m0/s1. The Morgan fingerprint density at radius 1 is 1.06 bits per heavy atom. The largest absolute Gasteiger partial charge is 0.353 e. The summed E-state index contributed by atoms with van der Waals surface area (Å²) >= 11 is 0. The van der Waals surface area contributed by atoms with Crippen LogP contribution in [0.25, 0.3) is 0 Å². The lowest BCUT2D eigenvalue weighted by Gasteiger charge is -2.27. The van der Waals surface area contributed by atoms with Crippen molar-refractivity contribution in [1.29, 1.82) is 0 Å². The van der Waals surface area contributed by atoms with E-state index in [9.17, 15) is 0 Å². The molecule has 2 atom stereocenters. The van der Waals surface area contributed by atoms with Crippen LogP contribution in [0.15, 0.2) is 0 Å². The van der Waals surface area contributed by atoms with Crippen molar-refractivity contribution in [1.82, 2.24) is 0 Å². The molecule has 96 valence electrons. The quantitative estimate of drug-likeness (QED) is 0.577. The molecule has 1 aliphatic rings. The Bertz CT molecular complexity index is 159. The van der Waals surface area contributed by atoms with Crippen molar-refractivity contribution >= 4 is 0 Å². The van der Waals surface area contributed by atoms with Crippen molar-refractivity contribution in [2.75, 3.05) is 6.61 Å². The first kappa shape index (κ1) is 14.0. The summed E-state index contributed by atoms with van der Waals surface area (Å²) in [5.41, 5.74) is 0. The summed E-state index contributed by atoms with van der Waals surface area (Å²) in [6.07, 6.45) is 11.9. The van der Waals surface area contributed by atoms with Gasteiger partial charge in [0.1, 0.15) is 0 Å². The third-order valence-electron chi connectivity index (χ3n) is 3.24. The van der Waals surface area contributed by atoms with Gasteiger partial charge >= 0.3 is 0 Å². The zero-order valence-electron chi connectivity index (χ0n) is 11.0. The highest BCUT2D eigenvalue weighted by atomic mass is 16.7. The predicted octanol–water partition coefficient (Wildman–Crippen LogP) is 4.28. The van der Waals surface area contributed by atoms with Crippen LogP contribution >= 0.6 is 0 Å². The Kier molecular flexibility index (Phi) is 7.87. The number of hydrogen-bond acceptors (Lipinski definition) is 2. The van der Waals surface area contributed by atoms with Gasteiger partial charge in [-0.3, -0.25) is 0 Å². The Morgan fingerprint density at radius 2 is 1.81 bits per heavy atom. The fourth-order valence-electron chi connectivity index (χ4n) is 2.19. The third kappa shape index (κ3) is 6.49. The summed E-state index contributed by atoms with van der Waals surface area (Å²) in [5, 5.41) is 0. The van der Waals surface area contributed by atoms with Gasteiger partial charge in [0.05, 0.1) is 6.10 Å². The second-order valence-electron chi connectivity index (χ2n) is 4.95. The van der Waals surface area contributed by atoms with E-state index >= 15 is 0 Å². The van der Waals surface area contributed by atoms with Gasteiger partial charge in [-0.2, -0.15) is 0 Å². The SMILES string of the molecule is CCCCCCCCO[C@@H]1CCC[C@H](C)O1. The minimum atomic E-state index is 0.0828. The molecule has 0 aromatic heterocycles. The molecule has 1 saturated heterocycles.